The summed E-state index contributed by atoms with van der Waals surface area (Å²) in [6.45, 7) is 9.54. The first-order valence-electron chi connectivity index (χ1n) is 5.79. The summed E-state index contributed by atoms with van der Waals surface area (Å²) in [5, 5.41) is 3.44. The highest BCUT2D eigenvalue weighted by atomic mass is 16.5. The van der Waals surface area contributed by atoms with Crippen LogP contribution in [0.4, 0.5) is 0 Å². The number of pyridine rings is 1. The Morgan fingerprint density at radius 2 is 2.19 bits per heavy atom. The van der Waals surface area contributed by atoms with E-state index in [-0.39, 0.29) is 11.6 Å². The van der Waals surface area contributed by atoms with Crippen LogP contribution in [0.2, 0.25) is 0 Å². The largest absolute Gasteiger partial charge is 0.489 e. The van der Waals surface area contributed by atoms with Crippen molar-refractivity contribution in [3.8, 4) is 5.75 Å². The Kier molecular flexibility index (Phi) is 4.74. The number of aromatic nitrogens is 1. The molecule has 0 aliphatic heterocycles. The predicted octanol–water partition coefficient (Wildman–Crippen LogP) is 2.63. The fourth-order valence-electron chi connectivity index (χ4n) is 1.36. The normalized spacial score (nSPS) is 13.5. The van der Waals surface area contributed by atoms with Crippen LogP contribution in [0.3, 0.4) is 0 Å². The minimum Gasteiger partial charge on any atom is -0.489 e. The molecule has 0 aliphatic carbocycles. The van der Waals surface area contributed by atoms with Crippen molar-refractivity contribution >= 4 is 0 Å². The Hall–Kier alpha value is -1.09. The van der Waals surface area contributed by atoms with E-state index in [2.05, 4.69) is 38.0 Å². The van der Waals surface area contributed by atoms with Crippen molar-refractivity contribution in [2.24, 2.45) is 0 Å². The van der Waals surface area contributed by atoms with E-state index in [9.17, 15) is 0 Å². The minimum absolute atomic E-state index is 0.175. The third-order valence-corrected chi connectivity index (χ3v) is 2.18. The lowest BCUT2D eigenvalue weighted by Gasteiger charge is -2.22. The van der Waals surface area contributed by atoms with Gasteiger partial charge < -0.3 is 10.1 Å². The summed E-state index contributed by atoms with van der Waals surface area (Å²) < 4.78 is 5.73. The van der Waals surface area contributed by atoms with E-state index in [1.54, 1.807) is 12.4 Å². The van der Waals surface area contributed by atoms with Gasteiger partial charge in [-0.15, -0.1) is 0 Å². The molecule has 16 heavy (non-hydrogen) atoms. The van der Waals surface area contributed by atoms with Gasteiger partial charge in [0.15, 0.2) is 0 Å². The standard InChI is InChI=1S/C13H22N2O/c1-11(7-9-15-13(2,3)4)16-12-6-5-8-14-10-12/h5-6,8,10-11,15H,7,9H2,1-4H3. The van der Waals surface area contributed by atoms with Crippen molar-refractivity contribution in [2.75, 3.05) is 6.54 Å². The summed E-state index contributed by atoms with van der Waals surface area (Å²) in [6.07, 6.45) is 4.69. The minimum atomic E-state index is 0.175. The molecule has 1 unspecified atom stereocenters. The number of nitrogens with zero attached hydrogens (tertiary/aromatic N) is 1. The Morgan fingerprint density at radius 1 is 1.44 bits per heavy atom. The molecule has 0 fully saturated rings. The zero-order valence-electron chi connectivity index (χ0n) is 10.7. The van der Waals surface area contributed by atoms with Gasteiger partial charge in [0.1, 0.15) is 5.75 Å². The van der Waals surface area contributed by atoms with E-state index >= 15 is 0 Å². The topological polar surface area (TPSA) is 34.1 Å². The smallest absolute Gasteiger partial charge is 0.137 e. The van der Waals surface area contributed by atoms with Crippen LogP contribution in [0.25, 0.3) is 0 Å². The molecule has 3 nitrogen and oxygen atoms in total. The first-order chi connectivity index (χ1) is 7.47. The van der Waals surface area contributed by atoms with Gasteiger partial charge in [-0.3, -0.25) is 4.98 Å². The van der Waals surface area contributed by atoms with Gasteiger partial charge in [0, 0.05) is 11.7 Å². The predicted molar refractivity (Wildman–Crippen MR) is 66.7 cm³/mol. The van der Waals surface area contributed by atoms with E-state index in [1.807, 2.05) is 12.1 Å². The maximum absolute atomic E-state index is 5.73. The molecular weight excluding hydrogens is 200 g/mol. The third kappa shape index (κ3) is 5.71. The van der Waals surface area contributed by atoms with E-state index in [0.29, 0.717) is 0 Å². The highest BCUT2D eigenvalue weighted by Crippen LogP contribution is 2.10. The number of nitrogens with one attached hydrogen (secondary N) is 1. The number of hydrogen-bond acceptors (Lipinski definition) is 3. The van der Waals surface area contributed by atoms with E-state index in [0.717, 1.165) is 18.7 Å². The molecule has 1 aromatic rings. The van der Waals surface area contributed by atoms with Crippen LogP contribution in [0.15, 0.2) is 24.5 Å². The molecule has 0 aliphatic rings. The summed E-state index contributed by atoms with van der Waals surface area (Å²) in [5.41, 5.74) is 0.175. The molecular formula is C13H22N2O. The number of ether oxygens (including phenoxy) is 1. The monoisotopic (exact) mass is 222 g/mol. The van der Waals surface area contributed by atoms with E-state index < -0.39 is 0 Å². The molecule has 0 spiro atoms. The fourth-order valence-corrected chi connectivity index (χ4v) is 1.36. The van der Waals surface area contributed by atoms with Gasteiger partial charge in [-0.1, -0.05) is 0 Å². The molecule has 0 saturated carbocycles. The van der Waals surface area contributed by atoms with Gasteiger partial charge in [0.25, 0.3) is 0 Å². The van der Waals surface area contributed by atoms with Gasteiger partial charge in [-0.05, 0) is 52.8 Å². The van der Waals surface area contributed by atoms with Crippen molar-refractivity contribution in [2.45, 2.75) is 45.8 Å². The average Bonchev–Trinajstić information content (AvgIpc) is 2.17. The average molecular weight is 222 g/mol. The summed E-state index contributed by atoms with van der Waals surface area (Å²) in [4.78, 5) is 4.02. The van der Waals surface area contributed by atoms with E-state index in [4.69, 9.17) is 4.74 Å². The molecule has 3 heteroatoms. The SMILES string of the molecule is CC(CCNC(C)(C)C)Oc1cccnc1. The summed E-state index contributed by atoms with van der Waals surface area (Å²) in [7, 11) is 0. The Balaban J connectivity index is 2.24. The van der Waals surface area contributed by atoms with Gasteiger partial charge in [-0.25, -0.2) is 0 Å². The fraction of sp³-hybridized carbons (Fsp3) is 0.615. The van der Waals surface area contributed by atoms with Gasteiger partial charge in [0.2, 0.25) is 0 Å². The van der Waals surface area contributed by atoms with Crippen molar-refractivity contribution in [1.82, 2.24) is 10.3 Å². The van der Waals surface area contributed by atoms with Crippen LogP contribution >= 0.6 is 0 Å². The first kappa shape index (κ1) is 13.0. The molecule has 1 heterocycles. The second kappa shape index (κ2) is 5.85. The number of hydrogen-bond donors (Lipinski definition) is 1. The van der Waals surface area contributed by atoms with Crippen LogP contribution in [0.5, 0.6) is 5.75 Å². The van der Waals surface area contributed by atoms with E-state index in [1.165, 1.54) is 0 Å². The van der Waals surface area contributed by atoms with Crippen LogP contribution in [0, 0.1) is 0 Å². The Morgan fingerprint density at radius 3 is 2.75 bits per heavy atom. The lowest BCUT2D eigenvalue weighted by molar-refractivity contribution is 0.204. The van der Waals surface area contributed by atoms with Crippen molar-refractivity contribution < 1.29 is 4.74 Å². The molecule has 0 saturated heterocycles. The molecule has 0 amide bonds. The molecule has 90 valence electrons. The van der Waals surface area contributed by atoms with Gasteiger partial charge >= 0.3 is 0 Å². The lowest BCUT2D eigenvalue weighted by atomic mass is 10.1. The second-order valence-corrected chi connectivity index (χ2v) is 5.08. The molecule has 1 aromatic heterocycles. The maximum Gasteiger partial charge on any atom is 0.137 e. The van der Waals surface area contributed by atoms with Gasteiger partial charge in [-0.2, -0.15) is 0 Å². The Bertz CT molecular complexity index is 293. The molecule has 0 aromatic carbocycles. The van der Waals surface area contributed by atoms with Crippen molar-refractivity contribution in [3.05, 3.63) is 24.5 Å². The van der Waals surface area contributed by atoms with Crippen LogP contribution < -0.4 is 10.1 Å². The quantitative estimate of drug-likeness (QED) is 0.831. The van der Waals surface area contributed by atoms with Crippen LogP contribution in [-0.4, -0.2) is 23.2 Å². The number of rotatable bonds is 5. The summed E-state index contributed by atoms with van der Waals surface area (Å²) in [5.74, 6) is 0.839. The van der Waals surface area contributed by atoms with Crippen LogP contribution in [-0.2, 0) is 0 Å². The molecule has 1 rings (SSSR count). The second-order valence-electron chi connectivity index (χ2n) is 5.08. The van der Waals surface area contributed by atoms with Crippen molar-refractivity contribution in [3.63, 3.8) is 0 Å². The third-order valence-electron chi connectivity index (χ3n) is 2.18. The lowest BCUT2D eigenvalue weighted by Crippen LogP contribution is -2.37. The van der Waals surface area contributed by atoms with Crippen LogP contribution in [0.1, 0.15) is 34.1 Å². The highest BCUT2D eigenvalue weighted by molar-refractivity contribution is 5.15. The zero-order chi connectivity index (χ0) is 12.0. The summed E-state index contributed by atoms with van der Waals surface area (Å²) >= 11 is 0. The maximum atomic E-state index is 5.73. The summed E-state index contributed by atoms with van der Waals surface area (Å²) in [6, 6.07) is 3.82. The molecule has 1 atom stereocenters. The van der Waals surface area contributed by atoms with Crippen molar-refractivity contribution in [1.29, 1.82) is 0 Å². The molecule has 0 radical (unpaired) electrons. The first-order valence-corrected chi connectivity index (χ1v) is 5.79. The van der Waals surface area contributed by atoms with Gasteiger partial charge in [0.05, 0.1) is 12.3 Å². The highest BCUT2D eigenvalue weighted by Gasteiger charge is 2.10. The zero-order valence-corrected chi connectivity index (χ0v) is 10.7. The Labute approximate surface area is 98.2 Å². The molecule has 0 bridgehead atoms. The molecule has 1 N–H and O–H groups in total.